The molecule has 0 bridgehead atoms. The van der Waals surface area contributed by atoms with Gasteiger partial charge in [0, 0.05) is 5.56 Å². The van der Waals surface area contributed by atoms with Crippen molar-refractivity contribution in [3.63, 3.8) is 0 Å². The first kappa shape index (κ1) is 13.3. The lowest BCUT2D eigenvalue weighted by atomic mass is 10.0. The van der Waals surface area contributed by atoms with Gasteiger partial charge in [-0.15, -0.1) is 0 Å². The number of methoxy groups -OCH3 is 1. The zero-order valence-electron chi connectivity index (χ0n) is 8.96. The van der Waals surface area contributed by atoms with Crippen LogP contribution in [0.1, 0.15) is 22.0 Å². The van der Waals surface area contributed by atoms with Gasteiger partial charge < -0.3 is 14.9 Å². The van der Waals surface area contributed by atoms with Gasteiger partial charge in [0.2, 0.25) is 0 Å². The summed E-state index contributed by atoms with van der Waals surface area (Å²) in [5.41, 5.74) is -0.605. The van der Waals surface area contributed by atoms with Gasteiger partial charge in [0.15, 0.2) is 12.4 Å². The number of carbonyl (C=O) groups is 2. The quantitative estimate of drug-likeness (QED) is 0.582. The van der Waals surface area contributed by atoms with Gasteiger partial charge >= 0.3 is 5.97 Å². The summed E-state index contributed by atoms with van der Waals surface area (Å²) < 4.78 is 17.8. The highest BCUT2D eigenvalue weighted by Crippen LogP contribution is 2.22. The molecule has 1 aromatic carbocycles. The van der Waals surface area contributed by atoms with Gasteiger partial charge in [-0.1, -0.05) is 12.1 Å². The van der Waals surface area contributed by atoms with E-state index < -0.39 is 24.0 Å². The molecule has 6 heteroatoms. The third-order valence-electron chi connectivity index (χ3n) is 2.25. The van der Waals surface area contributed by atoms with Crippen molar-refractivity contribution in [3.05, 3.63) is 35.1 Å². The fourth-order valence-corrected chi connectivity index (χ4v) is 1.31. The lowest BCUT2D eigenvalue weighted by molar-refractivity contribution is -0.156. The van der Waals surface area contributed by atoms with Crippen LogP contribution < -0.4 is 0 Å². The molecule has 0 fully saturated rings. The predicted octanol–water partition coefficient (Wildman–Crippen LogP) is 0.206. The molecule has 1 aromatic rings. The van der Waals surface area contributed by atoms with Crippen LogP contribution in [0.2, 0.25) is 0 Å². The standard InChI is InChI=1S/C11H11FO5/c1-17-11(16)10(15)9(14)7-4-2-3-6(5-13)8(7)12/h2-5,9-10,14-15H,1H3. The van der Waals surface area contributed by atoms with Gasteiger partial charge in [0.05, 0.1) is 12.7 Å². The van der Waals surface area contributed by atoms with Crippen LogP contribution in [0.3, 0.4) is 0 Å². The monoisotopic (exact) mass is 242 g/mol. The molecule has 0 saturated carbocycles. The minimum Gasteiger partial charge on any atom is -0.467 e. The maximum atomic E-state index is 13.6. The summed E-state index contributed by atoms with van der Waals surface area (Å²) in [6.45, 7) is 0. The molecule has 0 heterocycles. The second kappa shape index (κ2) is 5.51. The van der Waals surface area contributed by atoms with Crippen molar-refractivity contribution in [1.29, 1.82) is 0 Å². The van der Waals surface area contributed by atoms with E-state index in [1.165, 1.54) is 18.2 Å². The SMILES string of the molecule is COC(=O)C(O)C(O)c1cccc(C=O)c1F. The van der Waals surface area contributed by atoms with Crippen LogP contribution in [0.25, 0.3) is 0 Å². The summed E-state index contributed by atoms with van der Waals surface area (Å²) >= 11 is 0. The average molecular weight is 242 g/mol. The van der Waals surface area contributed by atoms with E-state index in [0.717, 1.165) is 7.11 Å². The van der Waals surface area contributed by atoms with Crippen LogP contribution in [0, 0.1) is 5.82 Å². The van der Waals surface area contributed by atoms with Crippen molar-refractivity contribution in [2.45, 2.75) is 12.2 Å². The highest BCUT2D eigenvalue weighted by molar-refractivity contribution is 5.77. The molecule has 0 aliphatic rings. The molecule has 0 radical (unpaired) electrons. The molecule has 2 atom stereocenters. The zero-order chi connectivity index (χ0) is 13.0. The number of halogens is 1. The summed E-state index contributed by atoms with van der Waals surface area (Å²) in [6.07, 6.45) is -3.42. The summed E-state index contributed by atoms with van der Waals surface area (Å²) in [5.74, 6) is -2.06. The lowest BCUT2D eigenvalue weighted by Crippen LogP contribution is -2.29. The number of aliphatic hydroxyl groups is 2. The van der Waals surface area contributed by atoms with Crippen molar-refractivity contribution in [2.75, 3.05) is 7.11 Å². The van der Waals surface area contributed by atoms with E-state index in [1.807, 2.05) is 0 Å². The molecule has 0 aliphatic heterocycles. The van der Waals surface area contributed by atoms with Crippen molar-refractivity contribution >= 4 is 12.3 Å². The first-order chi connectivity index (χ1) is 8.02. The van der Waals surface area contributed by atoms with Crippen molar-refractivity contribution in [2.24, 2.45) is 0 Å². The van der Waals surface area contributed by atoms with Crippen LogP contribution in [0.15, 0.2) is 18.2 Å². The highest BCUT2D eigenvalue weighted by atomic mass is 19.1. The third-order valence-corrected chi connectivity index (χ3v) is 2.25. The first-order valence-corrected chi connectivity index (χ1v) is 4.70. The van der Waals surface area contributed by atoms with E-state index >= 15 is 0 Å². The summed E-state index contributed by atoms with van der Waals surface area (Å²) in [7, 11) is 1.02. The van der Waals surface area contributed by atoms with Gasteiger partial charge in [-0.2, -0.15) is 0 Å². The van der Waals surface area contributed by atoms with Crippen LogP contribution in [-0.2, 0) is 9.53 Å². The molecule has 0 spiro atoms. The second-order valence-corrected chi connectivity index (χ2v) is 3.28. The Kier molecular flexibility index (Phi) is 4.30. The fraction of sp³-hybridized carbons (Fsp3) is 0.273. The zero-order valence-corrected chi connectivity index (χ0v) is 8.96. The average Bonchev–Trinajstić information content (AvgIpc) is 2.36. The number of esters is 1. The van der Waals surface area contributed by atoms with Crippen LogP contribution in [-0.4, -0.2) is 35.7 Å². The maximum Gasteiger partial charge on any atom is 0.337 e. The fourth-order valence-electron chi connectivity index (χ4n) is 1.31. The Hall–Kier alpha value is -1.79. The van der Waals surface area contributed by atoms with Gasteiger partial charge in [-0.25, -0.2) is 9.18 Å². The predicted molar refractivity (Wildman–Crippen MR) is 54.8 cm³/mol. The Morgan fingerprint density at radius 2 is 2.12 bits per heavy atom. The van der Waals surface area contributed by atoms with Crippen molar-refractivity contribution in [1.82, 2.24) is 0 Å². The number of carbonyl (C=O) groups excluding carboxylic acids is 2. The number of hydrogen-bond donors (Lipinski definition) is 2. The Bertz CT molecular complexity index is 432. The number of rotatable bonds is 4. The lowest BCUT2D eigenvalue weighted by Gasteiger charge is -2.16. The second-order valence-electron chi connectivity index (χ2n) is 3.28. The molecule has 17 heavy (non-hydrogen) atoms. The molecule has 0 aromatic heterocycles. The van der Waals surface area contributed by atoms with E-state index in [0.29, 0.717) is 0 Å². The molecular weight excluding hydrogens is 231 g/mol. The molecule has 2 N–H and O–H groups in total. The smallest absolute Gasteiger partial charge is 0.337 e. The van der Waals surface area contributed by atoms with Crippen molar-refractivity contribution < 1.29 is 28.9 Å². The van der Waals surface area contributed by atoms with Crippen LogP contribution >= 0.6 is 0 Å². The normalized spacial score (nSPS) is 13.9. The third kappa shape index (κ3) is 2.66. The van der Waals surface area contributed by atoms with E-state index in [9.17, 15) is 24.2 Å². The minimum absolute atomic E-state index is 0.265. The van der Waals surface area contributed by atoms with E-state index in [2.05, 4.69) is 4.74 Å². The molecular formula is C11H11FO5. The van der Waals surface area contributed by atoms with Gasteiger partial charge in [-0.3, -0.25) is 4.79 Å². The number of ether oxygens (including phenoxy) is 1. The Balaban J connectivity index is 3.08. The molecule has 0 amide bonds. The highest BCUT2D eigenvalue weighted by Gasteiger charge is 2.29. The van der Waals surface area contributed by atoms with E-state index in [-0.39, 0.29) is 17.4 Å². The number of benzene rings is 1. The Morgan fingerprint density at radius 1 is 1.47 bits per heavy atom. The summed E-state index contributed by atoms with van der Waals surface area (Å²) in [4.78, 5) is 21.5. The minimum atomic E-state index is -1.91. The van der Waals surface area contributed by atoms with Crippen LogP contribution in [0.4, 0.5) is 4.39 Å². The molecule has 5 nitrogen and oxygen atoms in total. The molecule has 1 rings (SSSR count). The number of hydrogen-bond acceptors (Lipinski definition) is 5. The molecule has 0 saturated heterocycles. The number of aliphatic hydroxyl groups excluding tert-OH is 2. The van der Waals surface area contributed by atoms with Gasteiger partial charge in [0.1, 0.15) is 11.9 Å². The van der Waals surface area contributed by atoms with Crippen molar-refractivity contribution in [3.8, 4) is 0 Å². The van der Waals surface area contributed by atoms with Crippen LogP contribution in [0.5, 0.6) is 0 Å². The van der Waals surface area contributed by atoms with E-state index in [4.69, 9.17) is 0 Å². The molecule has 2 unspecified atom stereocenters. The Morgan fingerprint density at radius 3 is 2.65 bits per heavy atom. The van der Waals surface area contributed by atoms with Gasteiger partial charge in [-0.05, 0) is 6.07 Å². The first-order valence-electron chi connectivity index (χ1n) is 4.70. The maximum absolute atomic E-state index is 13.6. The topological polar surface area (TPSA) is 83.8 Å². The molecule has 0 aliphatic carbocycles. The number of aldehydes is 1. The largest absolute Gasteiger partial charge is 0.467 e. The van der Waals surface area contributed by atoms with E-state index in [1.54, 1.807) is 0 Å². The Labute approximate surface area is 96.4 Å². The molecule has 92 valence electrons. The summed E-state index contributed by atoms with van der Waals surface area (Å²) in [5, 5.41) is 18.9. The summed E-state index contributed by atoms with van der Waals surface area (Å²) in [6, 6.07) is 3.71. The van der Waals surface area contributed by atoms with Gasteiger partial charge in [0.25, 0.3) is 0 Å².